The van der Waals surface area contributed by atoms with Crippen molar-refractivity contribution in [3.63, 3.8) is 0 Å². The van der Waals surface area contributed by atoms with Crippen molar-refractivity contribution < 1.29 is 5.11 Å². The predicted octanol–water partition coefficient (Wildman–Crippen LogP) is 3.67. The Kier molecular flexibility index (Phi) is 3.21. The third-order valence-electron chi connectivity index (χ3n) is 4.52. The number of H-pyrrole nitrogens is 1. The van der Waals surface area contributed by atoms with Crippen LogP contribution in [0.1, 0.15) is 31.9 Å². The molecule has 0 spiro atoms. The molecule has 5 heteroatoms. The van der Waals surface area contributed by atoms with Crippen LogP contribution >= 0.6 is 0 Å². The van der Waals surface area contributed by atoms with Crippen molar-refractivity contribution in [2.24, 2.45) is 0 Å². The highest BCUT2D eigenvalue weighted by molar-refractivity contribution is 5.87. The average Bonchev–Trinajstić information content (AvgIpc) is 3.17. The number of imidazole rings is 1. The van der Waals surface area contributed by atoms with E-state index < -0.39 is 5.60 Å². The van der Waals surface area contributed by atoms with Crippen LogP contribution < -0.4 is 0 Å². The molecule has 0 atom stereocenters. The Hall–Kier alpha value is -2.66. The van der Waals surface area contributed by atoms with Gasteiger partial charge in [0, 0.05) is 5.56 Å². The molecule has 122 valence electrons. The molecule has 4 aromatic rings. The summed E-state index contributed by atoms with van der Waals surface area (Å²) in [6.07, 6.45) is 6.36. The molecule has 0 unspecified atom stereocenters. The number of aromatic amines is 1. The van der Waals surface area contributed by atoms with Crippen LogP contribution in [-0.4, -0.2) is 24.5 Å². The van der Waals surface area contributed by atoms with Gasteiger partial charge in [-0.05, 0) is 31.4 Å². The summed E-state index contributed by atoms with van der Waals surface area (Å²) < 4.78 is 2.08. The fourth-order valence-electron chi connectivity index (χ4n) is 3.22. The second-order valence-electron chi connectivity index (χ2n) is 6.61. The van der Waals surface area contributed by atoms with E-state index >= 15 is 0 Å². The summed E-state index contributed by atoms with van der Waals surface area (Å²) in [6.45, 7) is 5.73. The van der Waals surface area contributed by atoms with Crippen LogP contribution in [-0.2, 0) is 12.0 Å². The first kappa shape index (κ1) is 14.9. The quantitative estimate of drug-likeness (QED) is 0.605. The first-order valence-electron chi connectivity index (χ1n) is 8.14. The molecule has 24 heavy (non-hydrogen) atoms. The zero-order valence-corrected chi connectivity index (χ0v) is 14.0. The molecule has 3 aromatic heterocycles. The molecule has 2 N–H and O–H groups in total. The zero-order valence-electron chi connectivity index (χ0n) is 14.0. The minimum absolute atomic E-state index is 0.836. The van der Waals surface area contributed by atoms with Crippen LogP contribution in [0.2, 0.25) is 0 Å². The lowest BCUT2D eigenvalue weighted by molar-refractivity contribution is 0.0786. The summed E-state index contributed by atoms with van der Waals surface area (Å²) in [6, 6.07) is 8.03. The van der Waals surface area contributed by atoms with Crippen LogP contribution in [0.4, 0.5) is 0 Å². The summed E-state index contributed by atoms with van der Waals surface area (Å²) in [5.41, 5.74) is 6.37. The maximum Gasteiger partial charge on any atom is 0.155 e. The normalized spacial score (nSPS) is 12.3. The number of rotatable bonds is 3. The van der Waals surface area contributed by atoms with Gasteiger partial charge in [0.1, 0.15) is 0 Å². The Labute approximate surface area is 140 Å². The monoisotopic (exact) mass is 320 g/mol. The molecular formula is C19H20N4O. The molecule has 0 bridgehead atoms. The maximum absolute atomic E-state index is 10.1. The lowest BCUT2D eigenvalue weighted by Gasteiger charge is -2.17. The third-order valence-corrected chi connectivity index (χ3v) is 4.52. The molecule has 0 amide bonds. The van der Waals surface area contributed by atoms with E-state index in [1.54, 1.807) is 13.8 Å². The molecular weight excluding hydrogens is 300 g/mol. The highest BCUT2D eigenvalue weighted by atomic mass is 16.3. The first-order chi connectivity index (χ1) is 11.5. The number of nitrogens with one attached hydrogen (secondary N) is 1. The molecule has 0 aliphatic rings. The van der Waals surface area contributed by atoms with Crippen LogP contribution in [0.3, 0.4) is 0 Å². The minimum Gasteiger partial charge on any atom is -0.386 e. The Balaban J connectivity index is 1.93. The number of fused-ring (bicyclic) bond motifs is 3. The molecule has 0 saturated carbocycles. The Morgan fingerprint density at radius 2 is 1.92 bits per heavy atom. The molecule has 0 saturated heterocycles. The van der Waals surface area contributed by atoms with Crippen LogP contribution in [0.5, 0.6) is 0 Å². The van der Waals surface area contributed by atoms with Gasteiger partial charge < -0.3 is 10.1 Å². The first-order valence-corrected chi connectivity index (χ1v) is 8.14. The van der Waals surface area contributed by atoms with Gasteiger partial charge in [-0.1, -0.05) is 31.2 Å². The Morgan fingerprint density at radius 1 is 1.17 bits per heavy atom. The predicted molar refractivity (Wildman–Crippen MR) is 94.9 cm³/mol. The number of hydrogen-bond acceptors (Lipinski definition) is 3. The van der Waals surface area contributed by atoms with E-state index in [-0.39, 0.29) is 0 Å². The third kappa shape index (κ3) is 2.20. The standard InChI is InChI=1S/C19H20N4O/c1-4-15-16(12-5-7-13(8-6-12)19(2,3)24)22-18-17(15)23-11-20-9-14(23)10-21-18/h5-11,22,24H,4H2,1-3H3. The number of aromatic nitrogens is 4. The van der Waals surface area contributed by atoms with Crippen molar-refractivity contribution in [2.45, 2.75) is 32.8 Å². The van der Waals surface area contributed by atoms with Crippen LogP contribution in [0.15, 0.2) is 43.0 Å². The fourth-order valence-corrected chi connectivity index (χ4v) is 3.22. The van der Waals surface area contributed by atoms with E-state index in [0.29, 0.717) is 0 Å². The lowest BCUT2D eigenvalue weighted by Crippen LogP contribution is -2.14. The topological polar surface area (TPSA) is 66.2 Å². The van der Waals surface area contributed by atoms with Gasteiger partial charge in [-0.15, -0.1) is 0 Å². The van der Waals surface area contributed by atoms with Crippen molar-refractivity contribution in [3.8, 4) is 11.3 Å². The molecule has 4 rings (SSSR count). The van der Waals surface area contributed by atoms with Gasteiger partial charge in [0.2, 0.25) is 0 Å². The van der Waals surface area contributed by atoms with Gasteiger partial charge in [-0.25, -0.2) is 9.97 Å². The second kappa shape index (κ2) is 5.18. The molecule has 0 fully saturated rings. The SMILES string of the molecule is CCc1c(-c2ccc(C(C)(C)O)cc2)[nH]c2ncc3cncn3c12. The summed E-state index contributed by atoms with van der Waals surface area (Å²) >= 11 is 0. The van der Waals surface area contributed by atoms with Gasteiger partial charge in [0.05, 0.1) is 41.0 Å². The van der Waals surface area contributed by atoms with Gasteiger partial charge >= 0.3 is 0 Å². The molecule has 5 nitrogen and oxygen atoms in total. The van der Waals surface area contributed by atoms with Crippen LogP contribution in [0, 0.1) is 0 Å². The fraction of sp³-hybridized carbons (Fsp3) is 0.263. The van der Waals surface area contributed by atoms with E-state index in [9.17, 15) is 5.11 Å². The Morgan fingerprint density at radius 3 is 2.58 bits per heavy atom. The number of nitrogens with zero attached hydrogens (tertiary/aromatic N) is 3. The van der Waals surface area contributed by atoms with E-state index in [1.807, 2.05) is 43.0 Å². The Bertz CT molecular complexity index is 1020. The number of hydrogen-bond donors (Lipinski definition) is 2. The summed E-state index contributed by atoms with van der Waals surface area (Å²) in [7, 11) is 0. The lowest BCUT2D eigenvalue weighted by atomic mass is 9.96. The summed E-state index contributed by atoms with van der Waals surface area (Å²) in [5, 5.41) is 10.1. The smallest absolute Gasteiger partial charge is 0.155 e. The van der Waals surface area contributed by atoms with Gasteiger partial charge in [0.25, 0.3) is 0 Å². The average molecular weight is 320 g/mol. The van der Waals surface area contributed by atoms with E-state index in [0.717, 1.165) is 39.9 Å². The highest BCUT2D eigenvalue weighted by Gasteiger charge is 2.18. The number of benzene rings is 1. The van der Waals surface area contributed by atoms with Crippen molar-refractivity contribution in [1.82, 2.24) is 19.4 Å². The van der Waals surface area contributed by atoms with E-state index in [2.05, 4.69) is 26.3 Å². The van der Waals surface area contributed by atoms with Crippen molar-refractivity contribution in [3.05, 3.63) is 54.1 Å². The molecule has 0 aliphatic carbocycles. The number of aryl methyl sites for hydroxylation is 1. The van der Waals surface area contributed by atoms with E-state index in [4.69, 9.17) is 0 Å². The number of aliphatic hydroxyl groups is 1. The minimum atomic E-state index is -0.836. The van der Waals surface area contributed by atoms with Gasteiger partial charge in [0.15, 0.2) is 5.65 Å². The second-order valence-corrected chi connectivity index (χ2v) is 6.61. The zero-order chi connectivity index (χ0) is 16.9. The maximum atomic E-state index is 10.1. The molecule has 1 aromatic carbocycles. The van der Waals surface area contributed by atoms with Crippen molar-refractivity contribution in [2.75, 3.05) is 0 Å². The summed E-state index contributed by atoms with van der Waals surface area (Å²) in [4.78, 5) is 12.2. The summed E-state index contributed by atoms with van der Waals surface area (Å²) in [5.74, 6) is 0. The highest BCUT2D eigenvalue weighted by Crippen LogP contribution is 2.31. The van der Waals surface area contributed by atoms with Gasteiger partial charge in [-0.3, -0.25) is 4.40 Å². The van der Waals surface area contributed by atoms with Crippen molar-refractivity contribution >= 4 is 16.7 Å². The molecule has 3 heterocycles. The van der Waals surface area contributed by atoms with E-state index in [1.165, 1.54) is 5.56 Å². The van der Waals surface area contributed by atoms with Gasteiger partial charge in [-0.2, -0.15) is 0 Å². The molecule has 0 aliphatic heterocycles. The molecule has 0 radical (unpaired) electrons. The largest absolute Gasteiger partial charge is 0.386 e. The van der Waals surface area contributed by atoms with Crippen LogP contribution in [0.25, 0.3) is 27.9 Å². The van der Waals surface area contributed by atoms with Crippen molar-refractivity contribution in [1.29, 1.82) is 0 Å².